The van der Waals surface area contributed by atoms with E-state index in [9.17, 15) is 4.79 Å². The summed E-state index contributed by atoms with van der Waals surface area (Å²) < 4.78 is 0. The van der Waals surface area contributed by atoms with Gasteiger partial charge in [-0.15, -0.1) is 0 Å². The third-order valence-corrected chi connectivity index (χ3v) is 3.97. The Balaban J connectivity index is 1.92. The van der Waals surface area contributed by atoms with Gasteiger partial charge in [-0.2, -0.15) is 0 Å². The highest BCUT2D eigenvalue weighted by atomic mass is 16.2. The van der Waals surface area contributed by atoms with Crippen LogP contribution in [0.25, 0.3) is 0 Å². The maximum absolute atomic E-state index is 12.3. The fourth-order valence-electron chi connectivity index (χ4n) is 2.62. The Hall–Kier alpha value is -1.35. The van der Waals surface area contributed by atoms with Crippen LogP contribution in [0.4, 0.5) is 0 Å². The summed E-state index contributed by atoms with van der Waals surface area (Å²) in [5, 5.41) is 3.27. The molecule has 2 rings (SSSR count). The van der Waals surface area contributed by atoms with Crippen LogP contribution in [0.15, 0.2) is 24.3 Å². The molecule has 1 fully saturated rings. The third kappa shape index (κ3) is 3.80. The first-order chi connectivity index (χ1) is 9.22. The average Bonchev–Trinajstić information content (AvgIpc) is 2.48. The number of likely N-dealkylation sites (N-methyl/N-ethyl adjacent to an activating group) is 1. The molecule has 1 aromatic carbocycles. The van der Waals surface area contributed by atoms with E-state index in [0.717, 1.165) is 31.5 Å². The zero-order valence-corrected chi connectivity index (χ0v) is 12.0. The van der Waals surface area contributed by atoms with Crippen molar-refractivity contribution < 1.29 is 4.79 Å². The predicted molar refractivity (Wildman–Crippen MR) is 78.2 cm³/mol. The summed E-state index contributed by atoms with van der Waals surface area (Å²) in [6, 6.07) is 8.86. The molecule has 1 heterocycles. The number of hydrogen-bond acceptors (Lipinski definition) is 2. The van der Waals surface area contributed by atoms with E-state index in [1.54, 1.807) is 0 Å². The molecule has 1 saturated heterocycles. The van der Waals surface area contributed by atoms with Gasteiger partial charge in [0.25, 0.3) is 0 Å². The molecule has 1 aliphatic heterocycles. The van der Waals surface area contributed by atoms with E-state index in [0.29, 0.717) is 12.5 Å². The van der Waals surface area contributed by atoms with Crippen LogP contribution in [0.2, 0.25) is 0 Å². The Morgan fingerprint density at radius 1 is 1.32 bits per heavy atom. The molecule has 104 valence electrons. The van der Waals surface area contributed by atoms with Crippen LogP contribution in [-0.4, -0.2) is 37.0 Å². The van der Waals surface area contributed by atoms with Crippen LogP contribution >= 0.6 is 0 Å². The van der Waals surface area contributed by atoms with Crippen LogP contribution in [-0.2, 0) is 17.6 Å². The average molecular weight is 260 g/mol. The first-order valence-electron chi connectivity index (χ1n) is 7.25. The van der Waals surface area contributed by atoms with Gasteiger partial charge in [0.15, 0.2) is 0 Å². The Bertz CT molecular complexity index is 413. The predicted octanol–water partition coefficient (Wildman–Crippen LogP) is 2.00. The van der Waals surface area contributed by atoms with Gasteiger partial charge < -0.3 is 10.2 Å². The highest BCUT2D eigenvalue weighted by molar-refractivity contribution is 5.78. The highest BCUT2D eigenvalue weighted by Gasteiger charge is 2.22. The van der Waals surface area contributed by atoms with Gasteiger partial charge in [0.2, 0.25) is 5.91 Å². The summed E-state index contributed by atoms with van der Waals surface area (Å²) in [7, 11) is 1.97. The van der Waals surface area contributed by atoms with Crippen LogP contribution in [0.3, 0.4) is 0 Å². The molecule has 0 aromatic heterocycles. The molecule has 1 aromatic rings. The normalized spacial score (nSPS) is 19.5. The molecular weight excluding hydrogens is 236 g/mol. The topological polar surface area (TPSA) is 32.3 Å². The van der Waals surface area contributed by atoms with E-state index in [4.69, 9.17) is 0 Å². The number of nitrogens with one attached hydrogen (secondary N) is 1. The number of carbonyl (C=O) groups excluding carboxylic acids is 1. The van der Waals surface area contributed by atoms with Gasteiger partial charge in [0, 0.05) is 19.1 Å². The number of likely N-dealkylation sites (tertiary alicyclic amines) is 1. The second-order valence-electron chi connectivity index (χ2n) is 5.31. The molecule has 0 spiro atoms. The SMILES string of the molecule is CCc1ccc(CC(=O)N2CCCC(NC)C2)cc1. The highest BCUT2D eigenvalue weighted by Crippen LogP contribution is 2.12. The minimum absolute atomic E-state index is 0.254. The van der Waals surface area contributed by atoms with Crippen molar-refractivity contribution in [3.8, 4) is 0 Å². The van der Waals surface area contributed by atoms with Gasteiger partial charge in [-0.25, -0.2) is 0 Å². The monoisotopic (exact) mass is 260 g/mol. The van der Waals surface area contributed by atoms with Crippen LogP contribution in [0.5, 0.6) is 0 Å². The van der Waals surface area contributed by atoms with Crippen molar-refractivity contribution in [2.75, 3.05) is 20.1 Å². The van der Waals surface area contributed by atoms with Gasteiger partial charge in [-0.05, 0) is 37.4 Å². The molecule has 3 heteroatoms. The van der Waals surface area contributed by atoms with Crippen molar-refractivity contribution in [1.29, 1.82) is 0 Å². The molecule has 3 nitrogen and oxygen atoms in total. The quantitative estimate of drug-likeness (QED) is 0.898. The van der Waals surface area contributed by atoms with Crippen molar-refractivity contribution >= 4 is 5.91 Å². The minimum Gasteiger partial charge on any atom is -0.341 e. The fourth-order valence-corrected chi connectivity index (χ4v) is 2.62. The zero-order valence-electron chi connectivity index (χ0n) is 12.0. The standard InChI is InChI=1S/C16H24N2O/c1-3-13-6-8-14(9-7-13)11-16(19)18-10-4-5-15(12-18)17-2/h6-9,15,17H,3-5,10-12H2,1-2H3. The van der Waals surface area contributed by atoms with E-state index in [1.165, 1.54) is 12.0 Å². The Kier molecular flexibility index (Phi) is 4.97. The number of piperidine rings is 1. The molecule has 0 radical (unpaired) electrons. The number of hydrogen-bond donors (Lipinski definition) is 1. The van der Waals surface area contributed by atoms with Crippen molar-refractivity contribution in [1.82, 2.24) is 10.2 Å². The second-order valence-corrected chi connectivity index (χ2v) is 5.31. The van der Waals surface area contributed by atoms with E-state index >= 15 is 0 Å². The van der Waals surface area contributed by atoms with Crippen molar-refractivity contribution in [3.05, 3.63) is 35.4 Å². The molecule has 0 bridgehead atoms. The number of benzene rings is 1. The molecule has 1 atom stereocenters. The van der Waals surface area contributed by atoms with Gasteiger partial charge in [0.05, 0.1) is 6.42 Å². The maximum atomic E-state index is 12.3. The van der Waals surface area contributed by atoms with Gasteiger partial charge in [-0.3, -0.25) is 4.79 Å². The number of aryl methyl sites for hydroxylation is 1. The number of nitrogens with zero attached hydrogens (tertiary/aromatic N) is 1. The number of carbonyl (C=O) groups is 1. The fraction of sp³-hybridized carbons (Fsp3) is 0.562. The summed E-state index contributed by atoms with van der Waals surface area (Å²) >= 11 is 0. The van der Waals surface area contributed by atoms with E-state index in [-0.39, 0.29) is 5.91 Å². The van der Waals surface area contributed by atoms with Crippen LogP contribution in [0, 0.1) is 0 Å². The molecule has 1 aliphatic rings. The van der Waals surface area contributed by atoms with Gasteiger partial charge >= 0.3 is 0 Å². The Labute approximate surface area is 116 Å². The Morgan fingerprint density at radius 2 is 2.00 bits per heavy atom. The summed E-state index contributed by atoms with van der Waals surface area (Å²) in [6.45, 7) is 3.90. The lowest BCUT2D eigenvalue weighted by Gasteiger charge is -2.32. The lowest BCUT2D eigenvalue weighted by Crippen LogP contribution is -2.47. The van der Waals surface area contributed by atoms with Crippen LogP contribution in [0.1, 0.15) is 30.9 Å². The van der Waals surface area contributed by atoms with Crippen molar-refractivity contribution in [3.63, 3.8) is 0 Å². The summed E-state index contributed by atoms with van der Waals surface area (Å²) in [5.74, 6) is 0.254. The lowest BCUT2D eigenvalue weighted by atomic mass is 10.0. The number of amides is 1. The van der Waals surface area contributed by atoms with Crippen molar-refractivity contribution in [2.45, 2.75) is 38.6 Å². The van der Waals surface area contributed by atoms with Crippen LogP contribution < -0.4 is 5.32 Å². The van der Waals surface area contributed by atoms with Crippen molar-refractivity contribution in [2.24, 2.45) is 0 Å². The summed E-state index contributed by atoms with van der Waals surface area (Å²) in [4.78, 5) is 14.3. The zero-order chi connectivity index (χ0) is 13.7. The molecule has 19 heavy (non-hydrogen) atoms. The lowest BCUT2D eigenvalue weighted by molar-refractivity contribution is -0.131. The Morgan fingerprint density at radius 3 is 2.63 bits per heavy atom. The molecule has 1 unspecified atom stereocenters. The third-order valence-electron chi connectivity index (χ3n) is 3.97. The minimum atomic E-state index is 0.254. The second kappa shape index (κ2) is 6.71. The molecule has 0 aliphatic carbocycles. The van der Waals surface area contributed by atoms with Gasteiger partial charge in [-0.1, -0.05) is 31.2 Å². The number of rotatable bonds is 4. The molecule has 1 N–H and O–H groups in total. The van der Waals surface area contributed by atoms with E-state index in [2.05, 4.69) is 36.5 Å². The molecular formula is C16H24N2O. The largest absolute Gasteiger partial charge is 0.341 e. The van der Waals surface area contributed by atoms with E-state index in [1.807, 2.05) is 11.9 Å². The van der Waals surface area contributed by atoms with E-state index < -0.39 is 0 Å². The first-order valence-corrected chi connectivity index (χ1v) is 7.25. The maximum Gasteiger partial charge on any atom is 0.227 e. The molecule has 1 amide bonds. The smallest absolute Gasteiger partial charge is 0.227 e. The summed E-state index contributed by atoms with van der Waals surface area (Å²) in [5.41, 5.74) is 2.44. The first kappa shape index (κ1) is 14.1. The molecule has 0 saturated carbocycles. The van der Waals surface area contributed by atoms with Gasteiger partial charge in [0.1, 0.15) is 0 Å². The summed E-state index contributed by atoms with van der Waals surface area (Å²) in [6.07, 6.45) is 3.85.